The third-order valence-electron chi connectivity index (χ3n) is 3.40. The summed E-state index contributed by atoms with van der Waals surface area (Å²) in [5.74, 6) is 0. The van der Waals surface area contributed by atoms with Crippen LogP contribution in [-0.4, -0.2) is 4.57 Å². The first kappa shape index (κ1) is 14.2. The van der Waals surface area contributed by atoms with Crippen LogP contribution in [0.15, 0.2) is 64.3 Å². The number of hydrogen-bond donors (Lipinski definition) is 1. The molecule has 3 aromatic rings. The molecule has 2 aromatic carbocycles. The fourth-order valence-electron chi connectivity index (χ4n) is 2.16. The third-order valence-corrected chi connectivity index (χ3v) is 4.24. The van der Waals surface area contributed by atoms with Gasteiger partial charge in [0.2, 0.25) is 0 Å². The van der Waals surface area contributed by atoms with Gasteiger partial charge in [0.25, 0.3) is 5.56 Å². The molecule has 3 rings (SSSR count). The molecule has 0 unspecified atom stereocenters. The maximum absolute atomic E-state index is 11.6. The molecule has 0 bridgehead atoms. The molecule has 108 valence electrons. The summed E-state index contributed by atoms with van der Waals surface area (Å²) in [7, 11) is 1.77. The summed E-state index contributed by atoms with van der Waals surface area (Å²) in [5, 5.41) is 9.79. The summed E-state index contributed by atoms with van der Waals surface area (Å²) in [6.45, 7) is 0. The Morgan fingerprint density at radius 1 is 1.09 bits per heavy atom. The highest BCUT2D eigenvalue weighted by Crippen LogP contribution is 2.24. The Kier molecular flexibility index (Phi) is 3.86. The Bertz CT molecular complexity index is 923. The minimum Gasteiger partial charge on any atom is -0.326 e. The van der Waals surface area contributed by atoms with E-state index < -0.39 is 0 Å². The van der Waals surface area contributed by atoms with Crippen molar-refractivity contribution in [3.63, 3.8) is 0 Å². The second-order valence-corrected chi connectivity index (χ2v) is 5.72. The van der Waals surface area contributed by atoms with Crippen molar-refractivity contribution in [3.05, 3.63) is 70.5 Å². The Labute approximate surface area is 132 Å². The summed E-state index contributed by atoms with van der Waals surface area (Å²) < 4.78 is 4.90. The Hall–Kier alpha value is -2.71. The normalized spacial score (nSPS) is 10.4. The number of nitrogens with one attached hydrogen (secondary N) is 1. The third kappa shape index (κ3) is 2.83. The van der Waals surface area contributed by atoms with E-state index in [4.69, 9.17) is 5.26 Å². The van der Waals surface area contributed by atoms with Crippen LogP contribution in [0.3, 0.4) is 0 Å². The molecular formula is C17H13N3OS. The molecule has 0 radical (unpaired) electrons. The van der Waals surface area contributed by atoms with Gasteiger partial charge in [-0.25, -0.2) is 0 Å². The van der Waals surface area contributed by atoms with Crippen LogP contribution in [0.1, 0.15) is 5.56 Å². The Morgan fingerprint density at radius 3 is 2.59 bits per heavy atom. The van der Waals surface area contributed by atoms with Gasteiger partial charge in [-0.05, 0) is 60.5 Å². The highest BCUT2D eigenvalue weighted by Gasteiger charge is 2.01. The monoisotopic (exact) mass is 307 g/mol. The molecule has 5 heteroatoms. The molecule has 0 spiro atoms. The van der Waals surface area contributed by atoms with E-state index >= 15 is 0 Å². The minimum absolute atomic E-state index is 0.0137. The summed E-state index contributed by atoms with van der Waals surface area (Å²) in [6, 6.07) is 18.8. The fraction of sp³-hybridized carbons (Fsp3) is 0.0588. The van der Waals surface area contributed by atoms with Crippen LogP contribution in [0, 0.1) is 11.3 Å². The van der Waals surface area contributed by atoms with Crippen molar-refractivity contribution in [1.29, 1.82) is 5.26 Å². The SMILES string of the molecule is Cn1c(=O)ccc2cc(NSc3ccc(C#N)cc3)ccc21. The van der Waals surface area contributed by atoms with Crippen molar-refractivity contribution < 1.29 is 0 Å². The maximum atomic E-state index is 11.6. The number of nitriles is 1. The number of rotatable bonds is 3. The van der Waals surface area contributed by atoms with Gasteiger partial charge in [-0.1, -0.05) is 0 Å². The zero-order chi connectivity index (χ0) is 15.5. The van der Waals surface area contributed by atoms with E-state index in [2.05, 4.69) is 10.8 Å². The van der Waals surface area contributed by atoms with Crippen molar-refractivity contribution in [2.75, 3.05) is 4.72 Å². The van der Waals surface area contributed by atoms with Crippen LogP contribution in [0.5, 0.6) is 0 Å². The predicted molar refractivity (Wildman–Crippen MR) is 89.8 cm³/mol. The molecule has 22 heavy (non-hydrogen) atoms. The first-order valence-electron chi connectivity index (χ1n) is 6.70. The highest BCUT2D eigenvalue weighted by molar-refractivity contribution is 8.00. The van der Waals surface area contributed by atoms with E-state index in [1.807, 2.05) is 36.4 Å². The molecule has 0 aliphatic heterocycles. The number of aryl methyl sites for hydroxylation is 1. The number of hydrogen-bond acceptors (Lipinski definition) is 4. The lowest BCUT2D eigenvalue weighted by molar-refractivity contribution is 0.906. The number of aromatic nitrogens is 1. The molecule has 0 aliphatic rings. The highest BCUT2D eigenvalue weighted by atomic mass is 32.2. The van der Waals surface area contributed by atoms with Gasteiger partial charge >= 0.3 is 0 Å². The first-order chi connectivity index (χ1) is 10.7. The summed E-state index contributed by atoms with van der Waals surface area (Å²) in [5.41, 5.74) is 2.50. The summed E-state index contributed by atoms with van der Waals surface area (Å²) in [4.78, 5) is 12.6. The van der Waals surface area contributed by atoms with Gasteiger partial charge in [0.1, 0.15) is 0 Å². The van der Waals surface area contributed by atoms with Crippen molar-refractivity contribution in [2.45, 2.75) is 4.90 Å². The van der Waals surface area contributed by atoms with E-state index in [9.17, 15) is 4.79 Å². The van der Waals surface area contributed by atoms with Crippen molar-refractivity contribution in [2.24, 2.45) is 7.05 Å². The number of fused-ring (bicyclic) bond motifs is 1. The molecule has 0 fully saturated rings. The van der Waals surface area contributed by atoms with Gasteiger partial charge in [-0.15, -0.1) is 0 Å². The van der Waals surface area contributed by atoms with Gasteiger partial charge in [0, 0.05) is 29.1 Å². The first-order valence-corrected chi connectivity index (χ1v) is 7.52. The van der Waals surface area contributed by atoms with Crippen LogP contribution < -0.4 is 10.3 Å². The molecule has 0 saturated heterocycles. The summed E-state index contributed by atoms with van der Waals surface area (Å²) in [6.07, 6.45) is 0. The largest absolute Gasteiger partial charge is 0.326 e. The van der Waals surface area contributed by atoms with Gasteiger partial charge in [-0.2, -0.15) is 5.26 Å². The lowest BCUT2D eigenvalue weighted by Gasteiger charge is -2.08. The van der Waals surface area contributed by atoms with Crippen molar-refractivity contribution in [1.82, 2.24) is 4.57 Å². The topological polar surface area (TPSA) is 57.8 Å². The van der Waals surface area contributed by atoms with Crippen molar-refractivity contribution >= 4 is 28.5 Å². The van der Waals surface area contributed by atoms with Gasteiger partial charge in [0.15, 0.2) is 0 Å². The average Bonchev–Trinajstić information content (AvgIpc) is 2.57. The predicted octanol–water partition coefficient (Wildman–Crippen LogP) is 3.53. The van der Waals surface area contributed by atoms with Crippen LogP contribution in [-0.2, 0) is 7.05 Å². The molecule has 0 saturated carbocycles. The average molecular weight is 307 g/mol. The van der Waals surface area contributed by atoms with Gasteiger partial charge < -0.3 is 9.29 Å². The zero-order valence-electron chi connectivity index (χ0n) is 11.9. The molecular weight excluding hydrogens is 294 g/mol. The maximum Gasteiger partial charge on any atom is 0.250 e. The van der Waals surface area contributed by atoms with E-state index in [0.29, 0.717) is 5.56 Å². The van der Waals surface area contributed by atoms with Crippen LogP contribution in [0.4, 0.5) is 5.69 Å². The van der Waals surface area contributed by atoms with E-state index in [1.165, 1.54) is 11.9 Å². The number of nitrogens with zero attached hydrogens (tertiary/aromatic N) is 2. The molecule has 1 heterocycles. The smallest absolute Gasteiger partial charge is 0.250 e. The fourth-order valence-corrected chi connectivity index (χ4v) is 2.80. The van der Waals surface area contributed by atoms with Crippen LogP contribution in [0.2, 0.25) is 0 Å². The minimum atomic E-state index is -0.0137. The number of anilines is 1. The molecule has 1 aromatic heterocycles. The number of benzene rings is 2. The second kappa shape index (κ2) is 5.96. The molecule has 4 nitrogen and oxygen atoms in total. The van der Waals surface area contributed by atoms with E-state index in [1.54, 1.807) is 29.8 Å². The Morgan fingerprint density at radius 2 is 1.86 bits per heavy atom. The zero-order valence-corrected chi connectivity index (χ0v) is 12.7. The Balaban J connectivity index is 1.80. The van der Waals surface area contributed by atoms with Gasteiger partial charge in [-0.3, -0.25) is 4.79 Å². The van der Waals surface area contributed by atoms with Crippen LogP contribution >= 0.6 is 11.9 Å². The van der Waals surface area contributed by atoms with Crippen molar-refractivity contribution in [3.8, 4) is 6.07 Å². The standard InChI is InChI=1S/C17H13N3OS/c1-20-16-8-5-14(10-13(16)4-9-17(20)21)19-22-15-6-2-12(11-18)3-7-15/h2-10,19H,1H3. The van der Waals surface area contributed by atoms with Gasteiger partial charge in [0.05, 0.1) is 17.1 Å². The molecule has 0 aliphatic carbocycles. The van der Waals surface area contributed by atoms with E-state index in [-0.39, 0.29) is 5.56 Å². The summed E-state index contributed by atoms with van der Waals surface area (Å²) >= 11 is 1.48. The van der Waals surface area contributed by atoms with E-state index in [0.717, 1.165) is 21.5 Å². The lowest BCUT2D eigenvalue weighted by Crippen LogP contribution is -2.14. The molecule has 1 N–H and O–H groups in total. The molecule has 0 amide bonds. The second-order valence-electron chi connectivity index (χ2n) is 4.84. The number of pyridine rings is 1. The quantitative estimate of drug-likeness (QED) is 0.752. The van der Waals surface area contributed by atoms with Crippen LogP contribution in [0.25, 0.3) is 10.9 Å². The lowest BCUT2D eigenvalue weighted by atomic mass is 10.2. The molecule has 0 atom stereocenters.